The largest absolute Gasteiger partial charge is 0.310 e. The van der Waals surface area contributed by atoms with Crippen LogP contribution in [0.4, 0.5) is 0 Å². The summed E-state index contributed by atoms with van der Waals surface area (Å²) in [6, 6.07) is 17.0. The SMILES string of the molecule is CC(C)NCc1ccccc1Sc1ccc(Cl)cc1. The average Bonchev–Trinajstić information content (AvgIpc) is 2.40. The fraction of sp³-hybridized carbons (Fsp3) is 0.250. The summed E-state index contributed by atoms with van der Waals surface area (Å²) < 4.78 is 0. The molecule has 1 N–H and O–H groups in total. The van der Waals surface area contributed by atoms with E-state index in [0.717, 1.165) is 11.6 Å². The molecule has 2 rings (SSSR count). The molecule has 0 bridgehead atoms. The Bertz CT molecular complexity index is 523. The van der Waals surface area contributed by atoms with Crippen molar-refractivity contribution in [3.8, 4) is 0 Å². The van der Waals surface area contributed by atoms with Crippen LogP contribution in [0.1, 0.15) is 19.4 Å². The minimum absolute atomic E-state index is 0.494. The van der Waals surface area contributed by atoms with E-state index in [9.17, 15) is 0 Å². The lowest BCUT2D eigenvalue weighted by molar-refractivity contribution is 0.585. The van der Waals surface area contributed by atoms with E-state index >= 15 is 0 Å². The smallest absolute Gasteiger partial charge is 0.0406 e. The Labute approximate surface area is 124 Å². The number of benzene rings is 2. The van der Waals surface area contributed by atoms with Gasteiger partial charge >= 0.3 is 0 Å². The normalized spacial score (nSPS) is 10.9. The first-order chi connectivity index (χ1) is 9.15. The Balaban J connectivity index is 2.13. The molecule has 0 aromatic heterocycles. The molecule has 0 spiro atoms. The maximum Gasteiger partial charge on any atom is 0.0406 e. The Kier molecular flexibility index (Phi) is 5.32. The molecule has 0 aliphatic carbocycles. The van der Waals surface area contributed by atoms with E-state index in [4.69, 9.17) is 11.6 Å². The van der Waals surface area contributed by atoms with Gasteiger partial charge in [-0.05, 0) is 35.9 Å². The van der Waals surface area contributed by atoms with Crippen molar-refractivity contribution in [2.24, 2.45) is 0 Å². The highest BCUT2D eigenvalue weighted by Crippen LogP contribution is 2.31. The zero-order valence-electron chi connectivity index (χ0n) is 11.2. The van der Waals surface area contributed by atoms with Crippen molar-refractivity contribution in [2.45, 2.75) is 36.2 Å². The fourth-order valence-electron chi connectivity index (χ4n) is 1.69. The maximum absolute atomic E-state index is 5.91. The van der Waals surface area contributed by atoms with Crippen LogP contribution in [0.25, 0.3) is 0 Å². The monoisotopic (exact) mass is 291 g/mol. The van der Waals surface area contributed by atoms with Gasteiger partial charge < -0.3 is 5.32 Å². The van der Waals surface area contributed by atoms with Crippen LogP contribution < -0.4 is 5.32 Å². The predicted molar refractivity (Wildman–Crippen MR) is 84.0 cm³/mol. The third kappa shape index (κ3) is 4.57. The van der Waals surface area contributed by atoms with E-state index in [1.807, 2.05) is 12.1 Å². The summed E-state index contributed by atoms with van der Waals surface area (Å²) >= 11 is 7.69. The van der Waals surface area contributed by atoms with Gasteiger partial charge in [-0.1, -0.05) is 55.4 Å². The lowest BCUT2D eigenvalue weighted by Gasteiger charge is -2.12. The molecule has 0 radical (unpaired) electrons. The van der Waals surface area contributed by atoms with Gasteiger partial charge in [0.1, 0.15) is 0 Å². The molecule has 19 heavy (non-hydrogen) atoms. The summed E-state index contributed by atoms with van der Waals surface area (Å²) in [4.78, 5) is 2.50. The number of hydrogen-bond acceptors (Lipinski definition) is 2. The van der Waals surface area contributed by atoms with E-state index in [0.29, 0.717) is 6.04 Å². The molecule has 2 aromatic rings. The molecule has 2 aromatic carbocycles. The van der Waals surface area contributed by atoms with Crippen molar-refractivity contribution in [1.29, 1.82) is 0 Å². The lowest BCUT2D eigenvalue weighted by atomic mass is 10.2. The summed E-state index contributed by atoms with van der Waals surface area (Å²) in [5.41, 5.74) is 1.33. The molecular formula is C16H18ClNS. The first kappa shape index (κ1) is 14.4. The van der Waals surface area contributed by atoms with Gasteiger partial charge in [-0.15, -0.1) is 0 Å². The van der Waals surface area contributed by atoms with Gasteiger partial charge in [0.15, 0.2) is 0 Å². The van der Waals surface area contributed by atoms with Gasteiger partial charge in [0.2, 0.25) is 0 Å². The summed E-state index contributed by atoms with van der Waals surface area (Å²) in [5.74, 6) is 0. The van der Waals surface area contributed by atoms with Crippen molar-refractivity contribution in [3.05, 3.63) is 59.1 Å². The molecule has 0 heterocycles. The van der Waals surface area contributed by atoms with Crippen LogP contribution in [-0.2, 0) is 6.54 Å². The quantitative estimate of drug-likeness (QED) is 0.833. The van der Waals surface area contributed by atoms with Gasteiger partial charge in [0.05, 0.1) is 0 Å². The van der Waals surface area contributed by atoms with Gasteiger partial charge in [0, 0.05) is 27.4 Å². The third-order valence-electron chi connectivity index (χ3n) is 2.71. The second-order valence-corrected chi connectivity index (χ2v) is 6.25. The molecule has 0 unspecified atom stereocenters. The van der Waals surface area contributed by atoms with Crippen molar-refractivity contribution in [2.75, 3.05) is 0 Å². The second kappa shape index (κ2) is 6.99. The van der Waals surface area contributed by atoms with Crippen LogP contribution in [0.3, 0.4) is 0 Å². The van der Waals surface area contributed by atoms with E-state index in [1.165, 1.54) is 15.4 Å². The molecule has 0 saturated heterocycles. The molecule has 0 aliphatic heterocycles. The Hall–Kier alpha value is -0.960. The summed E-state index contributed by atoms with van der Waals surface area (Å²) in [6.07, 6.45) is 0. The molecule has 1 nitrogen and oxygen atoms in total. The van der Waals surface area contributed by atoms with Crippen LogP contribution in [0.15, 0.2) is 58.3 Å². The van der Waals surface area contributed by atoms with Gasteiger partial charge in [-0.3, -0.25) is 0 Å². The summed E-state index contributed by atoms with van der Waals surface area (Å²) in [6.45, 7) is 5.22. The molecule has 0 fully saturated rings. The number of nitrogens with one attached hydrogen (secondary N) is 1. The van der Waals surface area contributed by atoms with E-state index < -0.39 is 0 Å². The maximum atomic E-state index is 5.91. The second-order valence-electron chi connectivity index (χ2n) is 4.70. The Morgan fingerprint density at radius 2 is 1.74 bits per heavy atom. The van der Waals surface area contributed by atoms with Gasteiger partial charge in [-0.2, -0.15) is 0 Å². The number of halogens is 1. The molecule has 0 aliphatic rings. The van der Waals surface area contributed by atoms with E-state index in [1.54, 1.807) is 11.8 Å². The molecule has 3 heteroatoms. The Morgan fingerprint density at radius 1 is 1.05 bits per heavy atom. The predicted octanol–water partition coefficient (Wildman–Crippen LogP) is 4.99. The summed E-state index contributed by atoms with van der Waals surface area (Å²) in [7, 11) is 0. The van der Waals surface area contributed by atoms with E-state index in [-0.39, 0.29) is 0 Å². The lowest BCUT2D eigenvalue weighted by Crippen LogP contribution is -2.22. The number of hydrogen-bond donors (Lipinski definition) is 1. The average molecular weight is 292 g/mol. The number of rotatable bonds is 5. The van der Waals surface area contributed by atoms with Crippen molar-refractivity contribution in [3.63, 3.8) is 0 Å². The Morgan fingerprint density at radius 3 is 2.42 bits per heavy atom. The van der Waals surface area contributed by atoms with Crippen LogP contribution in [0.2, 0.25) is 5.02 Å². The molecule has 100 valence electrons. The highest BCUT2D eigenvalue weighted by molar-refractivity contribution is 7.99. The van der Waals surface area contributed by atoms with Crippen molar-refractivity contribution >= 4 is 23.4 Å². The molecule has 0 atom stereocenters. The minimum atomic E-state index is 0.494. The standard InChI is InChI=1S/C16H18ClNS/c1-12(2)18-11-13-5-3-4-6-16(13)19-15-9-7-14(17)8-10-15/h3-10,12,18H,11H2,1-2H3. The van der Waals surface area contributed by atoms with Crippen LogP contribution in [-0.4, -0.2) is 6.04 Å². The highest BCUT2D eigenvalue weighted by atomic mass is 35.5. The van der Waals surface area contributed by atoms with E-state index in [2.05, 4.69) is 55.6 Å². The zero-order chi connectivity index (χ0) is 13.7. The van der Waals surface area contributed by atoms with Crippen molar-refractivity contribution < 1.29 is 0 Å². The fourth-order valence-corrected chi connectivity index (χ4v) is 2.76. The van der Waals surface area contributed by atoms with Crippen LogP contribution in [0, 0.1) is 0 Å². The first-order valence-corrected chi connectivity index (χ1v) is 7.59. The highest BCUT2D eigenvalue weighted by Gasteiger charge is 2.04. The topological polar surface area (TPSA) is 12.0 Å². The zero-order valence-corrected chi connectivity index (χ0v) is 12.8. The molecule has 0 amide bonds. The first-order valence-electron chi connectivity index (χ1n) is 6.40. The van der Waals surface area contributed by atoms with Crippen LogP contribution >= 0.6 is 23.4 Å². The van der Waals surface area contributed by atoms with Gasteiger partial charge in [-0.25, -0.2) is 0 Å². The summed E-state index contributed by atoms with van der Waals surface area (Å²) in [5, 5.41) is 4.24. The minimum Gasteiger partial charge on any atom is -0.310 e. The molecular weight excluding hydrogens is 274 g/mol. The van der Waals surface area contributed by atoms with Crippen LogP contribution in [0.5, 0.6) is 0 Å². The van der Waals surface area contributed by atoms with Gasteiger partial charge in [0.25, 0.3) is 0 Å². The molecule has 0 saturated carbocycles. The van der Waals surface area contributed by atoms with Crippen molar-refractivity contribution in [1.82, 2.24) is 5.32 Å². The third-order valence-corrected chi connectivity index (χ3v) is 4.09.